The molecule has 2 aromatic rings. The van der Waals surface area contributed by atoms with E-state index < -0.39 is 0 Å². The van der Waals surface area contributed by atoms with Gasteiger partial charge in [-0.05, 0) is 37.8 Å². The van der Waals surface area contributed by atoms with E-state index >= 15 is 0 Å². The summed E-state index contributed by atoms with van der Waals surface area (Å²) in [5.74, 6) is 0.577. The Morgan fingerprint density at radius 2 is 2.20 bits per heavy atom. The van der Waals surface area contributed by atoms with Crippen LogP contribution in [0.25, 0.3) is 10.9 Å². The van der Waals surface area contributed by atoms with Crippen molar-refractivity contribution in [3.63, 3.8) is 0 Å². The van der Waals surface area contributed by atoms with Crippen molar-refractivity contribution < 1.29 is 4.74 Å². The van der Waals surface area contributed by atoms with Crippen LogP contribution in [0.1, 0.15) is 31.5 Å². The lowest BCUT2D eigenvalue weighted by Crippen LogP contribution is -2.32. The second kappa shape index (κ2) is 5.73. The summed E-state index contributed by atoms with van der Waals surface area (Å²) in [4.78, 5) is 19.1. The third kappa shape index (κ3) is 2.89. The summed E-state index contributed by atoms with van der Waals surface area (Å²) in [5, 5.41) is 0.607. The summed E-state index contributed by atoms with van der Waals surface area (Å²) in [7, 11) is 0. The third-order valence-corrected chi connectivity index (χ3v) is 3.78. The highest BCUT2D eigenvalue weighted by molar-refractivity contribution is 5.77. The molecule has 0 saturated heterocycles. The van der Waals surface area contributed by atoms with Crippen molar-refractivity contribution in [2.75, 3.05) is 0 Å². The van der Waals surface area contributed by atoms with Gasteiger partial charge in [-0.2, -0.15) is 0 Å². The van der Waals surface area contributed by atoms with Gasteiger partial charge in [-0.1, -0.05) is 12.1 Å². The van der Waals surface area contributed by atoms with Gasteiger partial charge in [0, 0.05) is 6.04 Å². The molecular weight excluding hydrogens is 254 g/mol. The van der Waals surface area contributed by atoms with Gasteiger partial charge in [0.2, 0.25) is 0 Å². The largest absolute Gasteiger partial charge is 0.370 e. The van der Waals surface area contributed by atoms with Crippen molar-refractivity contribution in [2.24, 2.45) is 5.73 Å². The van der Waals surface area contributed by atoms with Gasteiger partial charge in [-0.15, -0.1) is 0 Å². The van der Waals surface area contributed by atoms with Crippen LogP contribution >= 0.6 is 0 Å². The van der Waals surface area contributed by atoms with E-state index in [-0.39, 0.29) is 17.7 Å². The number of H-pyrrole nitrogens is 1. The van der Waals surface area contributed by atoms with Gasteiger partial charge < -0.3 is 15.5 Å². The standard InChI is InChI=1S/C15H19N3O2/c16-10-4-3-5-11(8-10)20-9-14-17-13-7-2-1-6-12(13)15(19)18-14/h1-2,6-7,10-11H,3-5,8-9,16H2,(H,17,18,19). The predicted molar refractivity (Wildman–Crippen MR) is 77.4 cm³/mol. The maximum absolute atomic E-state index is 11.9. The summed E-state index contributed by atoms with van der Waals surface area (Å²) in [6, 6.07) is 7.55. The fourth-order valence-corrected chi connectivity index (χ4v) is 2.73. The quantitative estimate of drug-likeness (QED) is 0.892. The highest BCUT2D eigenvalue weighted by Gasteiger charge is 2.19. The Morgan fingerprint density at radius 3 is 3.05 bits per heavy atom. The normalized spacial score (nSPS) is 23.1. The van der Waals surface area contributed by atoms with Crippen LogP contribution in [0.4, 0.5) is 0 Å². The summed E-state index contributed by atoms with van der Waals surface area (Å²) in [6.07, 6.45) is 4.28. The number of hydrogen-bond donors (Lipinski definition) is 2. The summed E-state index contributed by atoms with van der Waals surface area (Å²) in [5.41, 5.74) is 6.53. The number of rotatable bonds is 3. The molecule has 1 aromatic heterocycles. The van der Waals surface area contributed by atoms with E-state index in [0.29, 0.717) is 23.3 Å². The molecule has 0 radical (unpaired) electrons. The molecule has 5 nitrogen and oxygen atoms in total. The second-order valence-electron chi connectivity index (χ2n) is 5.39. The van der Waals surface area contributed by atoms with Crippen LogP contribution in [0.2, 0.25) is 0 Å². The van der Waals surface area contributed by atoms with E-state index in [9.17, 15) is 4.79 Å². The monoisotopic (exact) mass is 273 g/mol. The Kier molecular flexibility index (Phi) is 3.80. The fourth-order valence-electron chi connectivity index (χ4n) is 2.73. The van der Waals surface area contributed by atoms with E-state index in [1.807, 2.05) is 18.2 Å². The molecule has 0 amide bonds. The zero-order valence-corrected chi connectivity index (χ0v) is 11.3. The average molecular weight is 273 g/mol. The first-order chi connectivity index (χ1) is 9.72. The SMILES string of the molecule is NC1CCCC(OCc2nc3ccccc3c(=O)[nH]2)C1. The number of ether oxygens (including phenoxy) is 1. The van der Waals surface area contributed by atoms with Crippen molar-refractivity contribution in [3.8, 4) is 0 Å². The number of hydrogen-bond acceptors (Lipinski definition) is 4. The molecule has 1 aliphatic carbocycles. The van der Waals surface area contributed by atoms with Crippen LogP contribution in [-0.4, -0.2) is 22.1 Å². The molecule has 0 aliphatic heterocycles. The van der Waals surface area contributed by atoms with Gasteiger partial charge in [-0.3, -0.25) is 4.79 Å². The number of aromatic amines is 1. The second-order valence-corrected chi connectivity index (χ2v) is 5.39. The highest BCUT2D eigenvalue weighted by Crippen LogP contribution is 2.20. The first kappa shape index (κ1) is 13.3. The molecule has 5 heteroatoms. The van der Waals surface area contributed by atoms with Gasteiger partial charge in [0.05, 0.1) is 17.0 Å². The van der Waals surface area contributed by atoms with Crippen LogP contribution in [0, 0.1) is 0 Å². The molecule has 106 valence electrons. The maximum Gasteiger partial charge on any atom is 0.258 e. The Morgan fingerprint density at radius 1 is 1.35 bits per heavy atom. The number of nitrogens with two attached hydrogens (primary N) is 1. The van der Waals surface area contributed by atoms with Crippen LogP contribution in [0.3, 0.4) is 0 Å². The number of fused-ring (bicyclic) bond motifs is 1. The van der Waals surface area contributed by atoms with E-state index in [4.69, 9.17) is 10.5 Å². The number of para-hydroxylation sites is 1. The molecule has 1 heterocycles. The molecule has 20 heavy (non-hydrogen) atoms. The number of nitrogens with one attached hydrogen (secondary N) is 1. The molecule has 2 atom stereocenters. The lowest BCUT2D eigenvalue weighted by atomic mass is 9.94. The van der Waals surface area contributed by atoms with Gasteiger partial charge in [0.15, 0.2) is 0 Å². The molecule has 0 bridgehead atoms. The summed E-state index contributed by atoms with van der Waals surface area (Å²) in [6.45, 7) is 0.331. The first-order valence-electron chi connectivity index (χ1n) is 7.07. The first-order valence-corrected chi connectivity index (χ1v) is 7.07. The smallest absolute Gasteiger partial charge is 0.258 e. The van der Waals surface area contributed by atoms with E-state index in [1.54, 1.807) is 6.07 Å². The highest BCUT2D eigenvalue weighted by atomic mass is 16.5. The Balaban J connectivity index is 1.73. The number of aromatic nitrogens is 2. The minimum Gasteiger partial charge on any atom is -0.370 e. The van der Waals surface area contributed by atoms with Crippen molar-refractivity contribution >= 4 is 10.9 Å². The van der Waals surface area contributed by atoms with Gasteiger partial charge in [-0.25, -0.2) is 4.98 Å². The molecule has 0 spiro atoms. The van der Waals surface area contributed by atoms with Crippen LogP contribution in [0.5, 0.6) is 0 Å². The fraction of sp³-hybridized carbons (Fsp3) is 0.467. The lowest BCUT2D eigenvalue weighted by molar-refractivity contribution is 0.00907. The van der Waals surface area contributed by atoms with Crippen molar-refractivity contribution in [3.05, 3.63) is 40.4 Å². The zero-order chi connectivity index (χ0) is 13.9. The van der Waals surface area contributed by atoms with Gasteiger partial charge >= 0.3 is 0 Å². The summed E-state index contributed by atoms with van der Waals surface area (Å²) < 4.78 is 5.83. The molecule has 2 unspecified atom stereocenters. The minimum absolute atomic E-state index is 0.116. The number of nitrogens with zero attached hydrogens (tertiary/aromatic N) is 1. The van der Waals surface area contributed by atoms with Crippen LogP contribution in [-0.2, 0) is 11.3 Å². The molecule has 1 aromatic carbocycles. The molecule has 3 rings (SSSR count). The van der Waals surface area contributed by atoms with Crippen LogP contribution in [0.15, 0.2) is 29.1 Å². The minimum atomic E-state index is -0.116. The van der Waals surface area contributed by atoms with E-state index in [2.05, 4.69) is 9.97 Å². The van der Waals surface area contributed by atoms with Gasteiger partial charge in [0.1, 0.15) is 12.4 Å². The molecule has 1 aliphatic rings. The molecule has 1 fully saturated rings. The summed E-state index contributed by atoms with van der Waals surface area (Å²) >= 11 is 0. The van der Waals surface area contributed by atoms with Crippen molar-refractivity contribution in [1.82, 2.24) is 9.97 Å². The Labute approximate surface area is 117 Å². The molecule has 3 N–H and O–H groups in total. The lowest BCUT2D eigenvalue weighted by Gasteiger charge is -2.26. The number of benzene rings is 1. The predicted octanol–water partition coefficient (Wildman–Crippen LogP) is 1.71. The molecule has 1 saturated carbocycles. The van der Waals surface area contributed by atoms with E-state index in [0.717, 1.165) is 25.7 Å². The van der Waals surface area contributed by atoms with Crippen molar-refractivity contribution in [1.29, 1.82) is 0 Å². The van der Waals surface area contributed by atoms with E-state index in [1.165, 1.54) is 0 Å². The van der Waals surface area contributed by atoms with Crippen molar-refractivity contribution in [2.45, 2.75) is 44.4 Å². The maximum atomic E-state index is 11.9. The topological polar surface area (TPSA) is 81.0 Å². The zero-order valence-electron chi connectivity index (χ0n) is 11.3. The average Bonchev–Trinajstić information content (AvgIpc) is 2.45. The molecular formula is C15H19N3O2. The van der Waals surface area contributed by atoms with Gasteiger partial charge in [0.25, 0.3) is 5.56 Å². The van der Waals surface area contributed by atoms with Crippen LogP contribution < -0.4 is 11.3 Å². The third-order valence-electron chi connectivity index (χ3n) is 3.78. The Hall–Kier alpha value is -1.72. The Bertz CT molecular complexity index is 653.